The molecule has 14 heteroatoms. The third-order valence-corrected chi connectivity index (χ3v) is 8.13. The molecule has 0 aliphatic carbocycles. The van der Waals surface area contributed by atoms with Crippen LogP contribution in [0.2, 0.25) is 25.1 Å². The van der Waals surface area contributed by atoms with E-state index in [-0.39, 0.29) is 42.1 Å². The van der Waals surface area contributed by atoms with E-state index in [0.29, 0.717) is 0 Å². The van der Waals surface area contributed by atoms with Crippen LogP contribution in [0, 0.1) is 11.8 Å². The Hall–Kier alpha value is -2.66. The third kappa shape index (κ3) is 4.68. The van der Waals surface area contributed by atoms with Crippen molar-refractivity contribution in [3.63, 3.8) is 0 Å². The van der Waals surface area contributed by atoms with Gasteiger partial charge in [0.25, 0.3) is 5.92 Å². The van der Waals surface area contributed by atoms with Gasteiger partial charge in [-0.05, 0) is 42.5 Å². The van der Waals surface area contributed by atoms with Gasteiger partial charge >= 0.3 is 5.97 Å². The first-order chi connectivity index (χ1) is 18.7. The van der Waals surface area contributed by atoms with Gasteiger partial charge in [-0.2, -0.15) is 8.78 Å². The lowest BCUT2D eigenvalue weighted by molar-refractivity contribution is -0.151. The Morgan fingerprint density at radius 3 is 2.20 bits per heavy atom. The predicted molar refractivity (Wildman–Crippen MR) is 149 cm³/mol. The van der Waals surface area contributed by atoms with Crippen molar-refractivity contribution in [2.45, 2.75) is 17.5 Å². The van der Waals surface area contributed by atoms with Gasteiger partial charge < -0.3 is 15.7 Å². The summed E-state index contributed by atoms with van der Waals surface area (Å²) in [7, 11) is 0. The zero-order valence-corrected chi connectivity index (χ0v) is 23.5. The Labute approximate surface area is 250 Å². The number of fused-ring (bicyclic) bond motifs is 2. The van der Waals surface area contributed by atoms with Gasteiger partial charge in [0.05, 0.1) is 22.7 Å². The molecule has 4 N–H and O–H groups in total. The lowest BCUT2D eigenvalue weighted by atomic mass is 9.74. The van der Waals surface area contributed by atoms with E-state index in [4.69, 9.17) is 58.0 Å². The number of rotatable bonds is 5. The standard InChI is InChI=1S/C26H16Cl5F2N3O4/c27-11-3-1-2-10(4-11)26(32,33)21-18(22(37)34-15-6-12(28)5-13(29)7-15)19(23(38)39)25(36-21)16-8-14(30)9-17(31)20(16)35-24(25)40/h1-9,18-19,21,36H,(H,34,37)(H,35,40)(H,38,39). The SMILES string of the molecule is O=C(Nc1cc(Cl)cc(Cl)c1)C1C(C(F)(F)c2cccc(Cl)c2)NC2(C(=O)Nc3c(Cl)cc(Cl)cc32)C1C(=O)O. The molecule has 3 aromatic rings. The number of hydrogen-bond acceptors (Lipinski definition) is 4. The summed E-state index contributed by atoms with van der Waals surface area (Å²) in [6, 6.07) is 9.05. The molecular weight excluding hydrogens is 634 g/mol. The van der Waals surface area contributed by atoms with Crippen LogP contribution < -0.4 is 16.0 Å². The lowest BCUT2D eigenvalue weighted by Gasteiger charge is -2.29. The molecule has 4 unspecified atom stereocenters. The summed E-state index contributed by atoms with van der Waals surface area (Å²) < 4.78 is 32.7. The Balaban J connectivity index is 1.72. The number of halogens is 7. The highest BCUT2D eigenvalue weighted by atomic mass is 35.5. The number of hydrogen-bond donors (Lipinski definition) is 4. The van der Waals surface area contributed by atoms with Crippen molar-refractivity contribution >= 4 is 87.2 Å². The van der Waals surface area contributed by atoms with Gasteiger partial charge in [-0.1, -0.05) is 70.1 Å². The van der Waals surface area contributed by atoms with Crippen LogP contribution in [0.3, 0.4) is 0 Å². The average molecular weight is 650 g/mol. The summed E-state index contributed by atoms with van der Waals surface area (Å²) in [5.41, 5.74) is -3.03. The van der Waals surface area contributed by atoms with Crippen LogP contribution in [0.15, 0.2) is 54.6 Å². The third-order valence-electron chi connectivity index (χ3n) is 6.94. The molecule has 0 radical (unpaired) electrons. The Morgan fingerprint density at radius 1 is 0.925 bits per heavy atom. The smallest absolute Gasteiger partial charge is 0.310 e. The van der Waals surface area contributed by atoms with Crippen molar-refractivity contribution in [3.05, 3.63) is 90.8 Å². The number of alkyl halides is 2. The van der Waals surface area contributed by atoms with E-state index in [1.807, 2.05) is 0 Å². The van der Waals surface area contributed by atoms with E-state index in [2.05, 4.69) is 16.0 Å². The van der Waals surface area contributed by atoms with Crippen molar-refractivity contribution < 1.29 is 28.3 Å². The van der Waals surface area contributed by atoms with Gasteiger partial charge in [-0.25, -0.2) is 0 Å². The minimum absolute atomic E-state index is 0.0117. The number of benzene rings is 3. The van der Waals surface area contributed by atoms with E-state index >= 15 is 8.78 Å². The van der Waals surface area contributed by atoms with E-state index < -0.39 is 52.7 Å². The highest BCUT2D eigenvalue weighted by Gasteiger charge is 2.71. The summed E-state index contributed by atoms with van der Waals surface area (Å²) in [5, 5.41) is 18.1. The minimum Gasteiger partial charge on any atom is -0.481 e. The predicted octanol–water partition coefficient (Wildman–Crippen LogP) is 6.82. The van der Waals surface area contributed by atoms with Crippen molar-refractivity contribution in [2.75, 3.05) is 10.6 Å². The molecule has 0 saturated carbocycles. The molecule has 208 valence electrons. The molecule has 7 nitrogen and oxygen atoms in total. The molecule has 0 aromatic heterocycles. The molecule has 4 atom stereocenters. The van der Waals surface area contributed by atoms with Gasteiger partial charge in [0.2, 0.25) is 11.8 Å². The second kappa shape index (κ2) is 10.3. The van der Waals surface area contributed by atoms with Crippen LogP contribution in [0.1, 0.15) is 11.1 Å². The quantitative estimate of drug-likeness (QED) is 0.243. The molecule has 1 fully saturated rings. The summed E-state index contributed by atoms with van der Waals surface area (Å²) in [4.78, 5) is 40.1. The lowest BCUT2D eigenvalue weighted by Crippen LogP contribution is -2.53. The van der Waals surface area contributed by atoms with Crippen molar-refractivity contribution in [2.24, 2.45) is 11.8 Å². The largest absolute Gasteiger partial charge is 0.481 e. The minimum atomic E-state index is -3.92. The maximum Gasteiger partial charge on any atom is 0.310 e. The second-order valence-electron chi connectivity index (χ2n) is 9.32. The number of anilines is 2. The van der Waals surface area contributed by atoms with Crippen LogP contribution in [0.5, 0.6) is 0 Å². The molecular formula is C26H16Cl5F2N3O4. The van der Waals surface area contributed by atoms with Crippen LogP contribution in [0.25, 0.3) is 0 Å². The molecule has 5 rings (SSSR count). The number of nitrogens with one attached hydrogen (secondary N) is 3. The summed E-state index contributed by atoms with van der Waals surface area (Å²) >= 11 is 30.4. The second-order valence-corrected chi connectivity index (χ2v) is 11.5. The summed E-state index contributed by atoms with van der Waals surface area (Å²) in [6.45, 7) is 0. The van der Waals surface area contributed by atoms with E-state index in [1.54, 1.807) is 0 Å². The van der Waals surface area contributed by atoms with Crippen LogP contribution in [-0.2, 0) is 25.8 Å². The molecule has 0 bridgehead atoms. The number of aliphatic carboxylic acids is 1. The molecule has 2 aliphatic heterocycles. The Morgan fingerprint density at radius 2 is 1.57 bits per heavy atom. The van der Waals surface area contributed by atoms with Gasteiger partial charge in [0.15, 0.2) is 0 Å². The number of carbonyl (C=O) groups excluding carboxylic acids is 2. The molecule has 1 saturated heterocycles. The number of carboxylic acids is 1. The zero-order valence-electron chi connectivity index (χ0n) is 19.7. The summed E-state index contributed by atoms with van der Waals surface area (Å²) in [5.74, 6) is -11.8. The van der Waals surface area contributed by atoms with Crippen molar-refractivity contribution in [3.8, 4) is 0 Å². The van der Waals surface area contributed by atoms with Gasteiger partial charge in [0.1, 0.15) is 11.5 Å². The molecule has 40 heavy (non-hydrogen) atoms. The highest BCUT2D eigenvalue weighted by Crippen LogP contribution is 2.55. The van der Waals surface area contributed by atoms with Crippen molar-refractivity contribution in [1.29, 1.82) is 0 Å². The normalized spacial score (nSPS) is 23.7. The summed E-state index contributed by atoms with van der Waals surface area (Å²) in [6.07, 6.45) is 0. The van der Waals surface area contributed by atoms with Crippen LogP contribution >= 0.6 is 58.0 Å². The first-order valence-electron chi connectivity index (χ1n) is 11.5. The maximum absolute atomic E-state index is 16.3. The first kappa shape index (κ1) is 28.9. The number of carbonyl (C=O) groups is 3. The Bertz CT molecular complexity index is 1570. The Kier molecular flexibility index (Phi) is 7.44. The number of carboxylic acid groups (broad SMARTS) is 1. The van der Waals surface area contributed by atoms with Crippen LogP contribution in [-0.4, -0.2) is 28.9 Å². The van der Waals surface area contributed by atoms with E-state index in [0.717, 1.165) is 12.1 Å². The topological polar surface area (TPSA) is 108 Å². The fraction of sp³-hybridized carbons (Fsp3) is 0.192. The first-order valence-corrected chi connectivity index (χ1v) is 13.4. The molecule has 2 heterocycles. The fourth-order valence-electron chi connectivity index (χ4n) is 5.37. The fourth-order valence-corrected chi connectivity index (χ4v) is 6.63. The monoisotopic (exact) mass is 647 g/mol. The zero-order chi connectivity index (χ0) is 29.1. The molecule has 2 amide bonds. The van der Waals surface area contributed by atoms with Crippen molar-refractivity contribution in [1.82, 2.24) is 5.32 Å². The van der Waals surface area contributed by atoms with E-state index in [1.165, 1.54) is 42.5 Å². The molecule has 3 aromatic carbocycles. The maximum atomic E-state index is 16.3. The van der Waals surface area contributed by atoms with Gasteiger partial charge in [0, 0.05) is 36.9 Å². The van der Waals surface area contributed by atoms with Gasteiger partial charge in [-0.3, -0.25) is 19.7 Å². The van der Waals surface area contributed by atoms with Gasteiger partial charge in [-0.15, -0.1) is 0 Å². The molecule has 2 aliphatic rings. The van der Waals surface area contributed by atoms with Crippen LogP contribution in [0.4, 0.5) is 20.2 Å². The molecule has 1 spiro atoms. The van der Waals surface area contributed by atoms with E-state index in [9.17, 15) is 19.5 Å². The highest BCUT2D eigenvalue weighted by molar-refractivity contribution is 6.38. The number of amides is 2. The average Bonchev–Trinajstić information content (AvgIpc) is 3.36.